The van der Waals surface area contributed by atoms with Gasteiger partial charge >= 0.3 is 6.09 Å². The second-order valence-corrected chi connectivity index (χ2v) is 7.49. The van der Waals surface area contributed by atoms with Crippen molar-refractivity contribution in [3.05, 3.63) is 23.2 Å². The first kappa shape index (κ1) is 18.4. The Balaban J connectivity index is 1.78. The van der Waals surface area contributed by atoms with E-state index in [1.165, 1.54) is 0 Å². The monoisotopic (exact) mass is 336 g/mol. The molecule has 1 aromatic rings. The van der Waals surface area contributed by atoms with E-state index in [9.17, 15) is 9.59 Å². The number of rotatable bonds is 3. The molecule has 1 aromatic heterocycles. The highest BCUT2D eigenvalue weighted by atomic mass is 16.6. The standard InChI is InChI=1S/C18H28N2O4/c1-12-10-13(2)23-15(12)16(21)20-8-6-14(7-9-20)11-19-17(22)24-18(3,4)5/h10,14H,6-9,11H2,1-5H3,(H,19,22). The van der Waals surface area contributed by atoms with E-state index < -0.39 is 5.60 Å². The van der Waals surface area contributed by atoms with Crippen LogP contribution in [-0.4, -0.2) is 42.1 Å². The van der Waals surface area contributed by atoms with Crippen LogP contribution in [0.1, 0.15) is 55.5 Å². The van der Waals surface area contributed by atoms with E-state index >= 15 is 0 Å². The van der Waals surface area contributed by atoms with E-state index in [1.807, 2.05) is 45.6 Å². The molecule has 6 heteroatoms. The smallest absolute Gasteiger partial charge is 0.407 e. The first-order valence-electron chi connectivity index (χ1n) is 8.49. The molecule has 0 unspecified atom stereocenters. The molecule has 24 heavy (non-hydrogen) atoms. The number of amides is 2. The lowest BCUT2D eigenvalue weighted by Crippen LogP contribution is -2.42. The molecule has 2 heterocycles. The number of piperidine rings is 1. The molecule has 1 N–H and O–H groups in total. The van der Waals surface area contributed by atoms with Crippen LogP contribution >= 0.6 is 0 Å². The Morgan fingerprint density at radius 1 is 1.29 bits per heavy atom. The zero-order valence-corrected chi connectivity index (χ0v) is 15.3. The number of alkyl carbamates (subject to hydrolysis) is 1. The van der Waals surface area contributed by atoms with Crippen molar-refractivity contribution in [3.63, 3.8) is 0 Å². The van der Waals surface area contributed by atoms with Gasteiger partial charge in [-0.1, -0.05) is 0 Å². The Morgan fingerprint density at radius 3 is 2.42 bits per heavy atom. The van der Waals surface area contributed by atoms with Crippen LogP contribution in [0.3, 0.4) is 0 Å². The third-order valence-corrected chi connectivity index (χ3v) is 4.07. The number of likely N-dealkylation sites (tertiary alicyclic amines) is 1. The van der Waals surface area contributed by atoms with Crippen molar-refractivity contribution in [2.75, 3.05) is 19.6 Å². The molecule has 134 valence electrons. The Bertz CT molecular complexity index is 593. The van der Waals surface area contributed by atoms with Gasteiger partial charge in [-0.3, -0.25) is 4.79 Å². The Morgan fingerprint density at radius 2 is 1.92 bits per heavy atom. The first-order valence-corrected chi connectivity index (χ1v) is 8.49. The van der Waals surface area contributed by atoms with Crippen LogP contribution in [0.5, 0.6) is 0 Å². The second kappa shape index (κ2) is 7.28. The molecule has 0 bridgehead atoms. The average Bonchev–Trinajstić information content (AvgIpc) is 2.82. The van der Waals surface area contributed by atoms with Gasteiger partial charge in [0.2, 0.25) is 0 Å². The molecule has 1 aliphatic heterocycles. The highest BCUT2D eigenvalue weighted by molar-refractivity contribution is 5.93. The molecular formula is C18H28N2O4. The minimum Gasteiger partial charge on any atom is -0.456 e. The predicted octanol–water partition coefficient (Wildman–Crippen LogP) is 3.27. The lowest BCUT2D eigenvalue weighted by molar-refractivity contribution is 0.0497. The van der Waals surface area contributed by atoms with E-state index in [-0.39, 0.29) is 12.0 Å². The summed E-state index contributed by atoms with van der Waals surface area (Å²) in [5, 5.41) is 2.81. The van der Waals surface area contributed by atoms with Gasteiger partial charge in [-0.15, -0.1) is 0 Å². The summed E-state index contributed by atoms with van der Waals surface area (Å²) in [7, 11) is 0. The number of carbonyl (C=O) groups excluding carboxylic acids is 2. The zero-order chi connectivity index (χ0) is 17.9. The molecule has 0 saturated carbocycles. The summed E-state index contributed by atoms with van der Waals surface area (Å²) in [6.07, 6.45) is 1.34. The number of nitrogens with zero attached hydrogens (tertiary/aromatic N) is 1. The minimum atomic E-state index is -0.487. The first-order chi connectivity index (χ1) is 11.2. The molecule has 1 fully saturated rings. The van der Waals surface area contributed by atoms with E-state index in [1.54, 1.807) is 0 Å². The fourth-order valence-electron chi connectivity index (χ4n) is 2.88. The molecule has 1 aliphatic rings. The van der Waals surface area contributed by atoms with Crippen molar-refractivity contribution in [1.82, 2.24) is 10.2 Å². The van der Waals surface area contributed by atoms with Crippen LogP contribution in [-0.2, 0) is 4.74 Å². The number of furan rings is 1. The lowest BCUT2D eigenvalue weighted by atomic mass is 9.96. The molecule has 2 amide bonds. The topological polar surface area (TPSA) is 71.8 Å². The molecule has 0 spiro atoms. The van der Waals surface area contributed by atoms with Gasteiger partial charge in [-0.05, 0) is 59.4 Å². The van der Waals surface area contributed by atoms with Crippen molar-refractivity contribution >= 4 is 12.0 Å². The Labute approximate surface area is 143 Å². The molecule has 0 radical (unpaired) electrons. The van der Waals surface area contributed by atoms with Crippen molar-refractivity contribution in [2.24, 2.45) is 5.92 Å². The SMILES string of the molecule is Cc1cc(C)c(C(=O)N2CCC(CNC(=O)OC(C)(C)C)CC2)o1. The maximum atomic E-state index is 12.5. The maximum absolute atomic E-state index is 12.5. The third kappa shape index (κ3) is 5.01. The summed E-state index contributed by atoms with van der Waals surface area (Å²) < 4.78 is 10.8. The summed E-state index contributed by atoms with van der Waals surface area (Å²) in [5.74, 6) is 1.52. The van der Waals surface area contributed by atoms with Crippen LogP contribution in [0.25, 0.3) is 0 Å². The second-order valence-electron chi connectivity index (χ2n) is 7.49. The number of nitrogens with one attached hydrogen (secondary N) is 1. The third-order valence-electron chi connectivity index (χ3n) is 4.07. The number of carbonyl (C=O) groups is 2. The Hall–Kier alpha value is -1.98. The normalized spacial score (nSPS) is 16.1. The maximum Gasteiger partial charge on any atom is 0.407 e. The summed E-state index contributed by atoms with van der Waals surface area (Å²) in [5.41, 5.74) is 0.394. The van der Waals surface area contributed by atoms with E-state index in [4.69, 9.17) is 9.15 Å². The molecular weight excluding hydrogens is 308 g/mol. The van der Waals surface area contributed by atoms with Gasteiger partial charge in [0.05, 0.1) is 0 Å². The minimum absolute atomic E-state index is 0.0425. The summed E-state index contributed by atoms with van der Waals surface area (Å²) in [6, 6.07) is 1.88. The van der Waals surface area contributed by atoms with E-state index in [2.05, 4.69) is 5.32 Å². The Kier molecular flexibility index (Phi) is 5.57. The lowest BCUT2D eigenvalue weighted by Gasteiger charge is -2.31. The van der Waals surface area contributed by atoms with Crippen molar-refractivity contribution in [3.8, 4) is 0 Å². The number of aryl methyl sites for hydroxylation is 2. The number of hydrogen-bond acceptors (Lipinski definition) is 4. The number of hydrogen-bond donors (Lipinski definition) is 1. The van der Waals surface area contributed by atoms with Crippen LogP contribution in [0.2, 0.25) is 0 Å². The van der Waals surface area contributed by atoms with Crippen molar-refractivity contribution in [2.45, 2.75) is 53.1 Å². The van der Waals surface area contributed by atoms with Crippen LogP contribution in [0.4, 0.5) is 4.79 Å². The zero-order valence-electron chi connectivity index (χ0n) is 15.3. The predicted molar refractivity (Wildman–Crippen MR) is 91.0 cm³/mol. The summed E-state index contributed by atoms with van der Waals surface area (Å²) in [4.78, 5) is 26.0. The highest BCUT2D eigenvalue weighted by Gasteiger charge is 2.27. The fourth-order valence-corrected chi connectivity index (χ4v) is 2.88. The quantitative estimate of drug-likeness (QED) is 0.919. The molecule has 0 aromatic carbocycles. The van der Waals surface area contributed by atoms with Crippen LogP contribution in [0.15, 0.2) is 10.5 Å². The number of ether oxygens (including phenoxy) is 1. The van der Waals surface area contributed by atoms with Crippen LogP contribution in [0, 0.1) is 19.8 Å². The van der Waals surface area contributed by atoms with Gasteiger partial charge in [0.25, 0.3) is 5.91 Å². The summed E-state index contributed by atoms with van der Waals surface area (Å²) in [6.45, 7) is 11.2. The van der Waals surface area contributed by atoms with E-state index in [0.29, 0.717) is 31.3 Å². The van der Waals surface area contributed by atoms with Gasteiger partial charge in [0, 0.05) is 25.2 Å². The largest absolute Gasteiger partial charge is 0.456 e. The van der Waals surface area contributed by atoms with Crippen molar-refractivity contribution < 1.29 is 18.7 Å². The van der Waals surface area contributed by atoms with Crippen molar-refractivity contribution in [1.29, 1.82) is 0 Å². The van der Waals surface area contributed by atoms with E-state index in [0.717, 1.165) is 24.2 Å². The fraction of sp³-hybridized carbons (Fsp3) is 0.667. The molecule has 0 atom stereocenters. The molecule has 6 nitrogen and oxygen atoms in total. The molecule has 2 rings (SSSR count). The van der Waals surface area contributed by atoms with Gasteiger partial charge in [0.1, 0.15) is 11.4 Å². The van der Waals surface area contributed by atoms with Gasteiger partial charge in [-0.2, -0.15) is 0 Å². The van der Waals surface area contributed by atoms with Gasteiger partial charge < -0.3 is 19.4 Å². The highest BCUT2D eigenvalue weighted by Crippen LogP contribution is 2.21. The molecule has 0 aliphatic carbocycles. The molecule has 1 saturated heterocycles. The van der Waals surface area contributed by atoms with Gasteiger partial charge in [0.15, 0.2) is 5.76 Å². The average molecular weight is 336 g/mol. The summed E-state index contributed by atoms with van der Waals surface area (Å²) >= 11 is 0. The van der Waals surface area contributed by atoms with Crippen LogP contribution < -0.4 is 5.32 Å². The van der Waals surface area contributed by atoms with Gasteiger partial charge in [-0.25, -0.2) is 4.79 Å².